The van der Waals surface area contributed by atoms with Gasteiger partial charge in [-0.2, -0.15) is 0 Å². The van der Waals surface area contributed by atoms with Gasteiger partial charge in [-0.1, -0.05) is 12.1 Å². The Labute approximate surface area is 227 Å². The molecule has 0 amide bonds. The second-order valence-corrected chi connectivity index (χ2v) is 9.94. The summed E-state index contributed by atoms with van der Waals surface area (Å²) < 4.78 is 33.6. The first kappa shape index (κ1) is 28.9. The van der Waals surface area contributed by atoms with Crippen LogP contribution in [0.4, 0.5) is 0 Å². The molecule has 0 aromatic heterocycles. The molecule has 3 aliphatic rings. The van der Waals surface area contributed by atoms with Gasteiger partial charge in [-0.15, -0.1) is 0 Å². The fourth-order valence-corrected chi connectivity index (χ4v) is 5.21. The van der Waals surface area contributed by atoms with Crippen molar-refractivity contribution < 1.29 is 69.0 Å². The molecule has 0 unspecified atom stereocenters. The van der Waals surface area contributed by atoms with Gasteiger partial charge in [0.25, 0.3) is 0 Å². The molecule has 220 valence electrons. The van der Waals surface area contributed by atoms with Crippen LogP contribution >= 0.6 is 0 Å². The van der Waals surface area contributed by atoms with Crippen molar-refractivity contribution in [2.45, 2.75) is 74.4 Å². The van der Waals surface area contributed by atoms with Crippen LogP contribution in [-0.2, 0) is 18.9 Å². The van der Waals surface area contributed by atoms with Crippen LogP contribution in [-0.4, -0.2) is 123 Å². The molecule has 11 atom stereocenters. The summed E-state index contributed by atoms with van der Waals surface area (Å²) >= 11 is 0. The van der Waals surface area contributed by atoms with Crippen molar-refractivity contribution in [3.05, 3.63) is 35.4 Å². The maximum Gasteiger partial charge on any atom is 0.339 e. The molecule has 0 bridgehead atoms. The first-order valence-corrected chi connectivity index (χ1v) is 12.7. The molecule has 2 aromatic rings. The van der Waals surface area contributed by atoms with Gasteiger partial charge in [-0.3, -0.25) is 0 Å². The van der Waals surface area contributed by atoms with Gasteiger partial charge in [0, 0.05) is 5.56 Å². The average Bonchev–Trinajstić information content (AvgIpc) is 3.23. The van der Waals surface area contributed by atoms with Crippen molar-refractivity contribution >= 4 is 16.7 Å². The predicted molar refractivity (Wildman–Crippen MR) is 131 cm³/mol. The van der Waals surface area contributed by atoms with Gasteiger partial charge in [-0.05, 0) is 24.4 Å². The normalized spacial score (nSPS) is 37.7. The summed E-state index contributed by atoms with van der Waals surface area (Å²) in [4.78, 5) is 12.5. The van der Waals surface area contributed by atoms with Crippen molar-refractivity contribution in [2.24, 2.45) is 0 Å². The van der Waals surface area contributed by atoms with E-state index in [0.717, 1.165) is 0 Å². The van der Waals surface area contributed by atoms with Gasteiger partial charge in [0.2, 0.25) is 6.29 Å². The minimum atomic E-state index is -1.76. The monoisotopic (exact) mass is 568 g/mol. The highest BCUT2D eigenvalue weighted by molar-refractivity contribution is 6.04. The van der Waals surface area contributed by atoms with Gasteiger partial charge in [-0.25, -0.2) is 4.79 Å². The van der Waals surface area contributed by atoms with Gasteiger partial charge in [0.05, 0.1) is 31.3 Å². The highest BCUT2D eigenvalue weighted by Gasteiger charge is 2.48. The summed E-state index contributed by atoms with van der Waals surface area (Å²) in [5.41, 5.74) is 0.629. The average molecular weight is 569 g/mol. The van der Waals surface area contributed by atoms with E-state index in [1.807, 2.05) is 0 Å². The van der Waals surface area contributed by atoms with E-state index in [0.29, 0.717) is 22.1 Å². The smallest absolute Gasteiger partial charge is 0.339 e. The molecule has 3 aliphatic heterocycles. The summed E-state index contributed by atoms with van der Waals surface area (Å²) in [6.45, 7) is 0.450. The molecule has 2 aromatic carbocycles. The number of carbonyl (C=O) groups excluding carboxylic acids is 1. The molecule has 0 aliphatic carbocycles. The third-order valence-electron chi connectivity index (χ3n) is 7.43. The molecule has 7 N–H and O–H groups in total. The van der Waals surface area contributed by atoms with Crippen LogP contribution in [0.25, 0.3) is 10.8 Å². The molecular formula is C26H32O14. The van der Waals surface area contributed by atoms with Gasteiger partial charge in [0.15, 0.2) is 6.29 Å². The Morgan fingerprint density at radius 3 is 2.20 bits per heavy atom. The van der Waals surface area contributed by atoms with Crippen molar-refractivity contribution in [3.8, 4) is 11.5 Å². The van der Waals surface area contributed by atoms with E-state index in [1.54, 1.807) is 31.2 Å². The first-order valence-electron chi connectivity index (χ1n) is 12.7. The molecule has 3 heterocycles. The zero-order valence-corrected chi connectivity index (χ0v) is 21.6. The molecule has 14 heteroatoms. The van der Waals surface area contributed by atoms with E-state index in [2.05, 4.69) is 0 Å². The Balaban J connectivity index is 1.42. The third-order valence-corrected chi connectivity index (χ3v) is 7.43. The van der Waals surface area contributed by atoms with E-state index in [1.165, 1.54) is 7.11 Å². The predicted octanol–water partition coefficient (Wildman–Crippen LogP) is -1.92. The SMILES string of the molecule is COc1cccc2cc3c(c(O[C@H]4O[C@H](CO[C@H]5O[C@H](CO)[C@@H](O)[C@H](O)[C@H]5O)[C@@H](O)[C@H](O)[C@H]4O)c12)[C@@H](C)OC3=O. The lowest BCUT2D eigenvalue weighted by Gasteiger charge is -2.42. The van der Waals surface area contributed by atoms with Crippen LogP contribution in [0.2, 0.25) is 0 Å². The lowest BCUT2D eigenvalue weighted by atomic mass is 9.96. The number of benzene rings is 2. The Bertz CT molecular complexity index is 1240. The standard InChI is InChI=1S/C26H32O14/c1-9-15-11(24(34)37-9)6-10-4-3-5-12(35-2)16(10)23(15)40-26-22(33)20(31)18(29)14(39-26)8-36-25-21(32)19(30)17(28)13(7-27)38-25/h3-6,9,13-14,17-22,25-33H,7-8H2,1-2H3/t9-,13-,14-,17-,18-,19+,20+,21-,22-,25+,26-/m1/s1. The van der Waals surface area contributed by atoms with Gasteiger partial charge < -0.3 is 64.2 Å². The zero-order valence-electron chi connectivity index (χ0n) is 21.6. The Kier molecular flexibility index (Phi) is 8.18. The van der Waals surface area contributed by atoms with E-state index in [-0.39, 0.29) is 11.3 Å². The number of cyclic esters (lactones) is 1. The van der Waals surface area contributed by atoms with Crippen molar-refractivity contribution in [1.29, 1.82) is 0 Å². The lowest BCUT2D eigenvalue weighted by Crippen LogP contribution is -2.62. The summed E-state index contributed by atoms with van der Waals surface area (Å²) in [5.74, 6) is -0.0526. The molecule has 2 saturated heterocycles. The first-order chi connectivity index (χ1) is 19.1. The van der Waals surface area contributed by atoms with Crippen molar-refractivity contribution in [1.82, 2.24) is 0 Å². The number of ether oxygens (including phenoxy) is 6. The zero-order chi connectivity index (χ0) is 28.9. The second kappa shape index (κ2) is 11.3. The van der Waals surface area contributed by atoms with Crippen LogP contribution in [0.15, 0.2) is 24.3 Å². The topological polar surface area (TPSA) is 214 Å². The van der Waals surface area contributed by atoms with Gasteiger partial charge >= 0.3 is 5.97 Å². The summed E-state index contributed by atoms with van der Waals surface area (Å²) in [6, 6.07) is 6.77. The van der Waals surface area contributed by atoms with E-state index < -0.39 is 86.7 Å². The molecule has 40 heavy (non-hydrogen) atoms. The maximum absolute atomic E-state index is 12.5. The summed E-state index contributed by atoms with van der Waals surface area (Å²) in [5, 5.41) is 72.5. The van der Waals surface area contributed by atoms with Crippen molar-refractivity contribution in [3.63, 3.8) is 0 Å². The fraction of sp³-hybridized carbons (Fsp3) is 0.577. The number of esters is 1. The Hall–Kier alpha value is -2.63. The molecule has 0 radical (unpaired) electrons. The van der Waals surface area contributed by atoms with Crippen LogP contribution in [0.3, 0.4) is 0 Å². The number of carbonyl (C=O) groups is 1. The molecule has 2 fully saturated rings. The van der Waals surface area contributed by atoms with Gasteiger partial charge in [0.1, 0.15) is 66.4 Å². The van der Waals surface area contributed by atoms with E-state index in [9.17, 15) is 40.5 Å². The lowest BCUT2D eigenvalue weighted by molar-refractivity contribution is -0.323. The molecule has 0 saturated carbocycles. The number of hydrogen-bond acceptors (Lipinski definition) is 14. The minimum absolute atomic E-state index is 0.115. The maximum atomic E-state index is 12.5. The van der Waals surface area contributed by atoms with E-state index >= 15 is 0 Å². The minimum Gasteiger partial charge on any atom is -0.496 e. The highest BCUT2D eigenvalue weighted by Crippen LogP contribution is 2.46. The van der Waals surface area contributed by atoms with Crippen LogP contribution in [0.1, 0.15) is 28.9 Å². The van der Waals surface area contributed by atoms with Crippen LogP contribution in [0, 0.1) is 0 Å². The second-order valence-electron chi connectivity index (χ2n) is 9.94. The number of aliphatic hydroxyl groups is 7. The molecule has 0 spiro atoms. The number of fused-ring (bicyclic) bond motifs is 2. The Morgan fingerprint density at radius 1 is 0.875 bits per heavy atom. The highest BCUT2D eigenvalue weighted by atomic mass is 16.7. The largest absolute Gasteiger partial charge is 0.496 e. The quantitative estimate of drug-likeness (QED) is 0.182. The Morgan fingerprint density at radius 2 is 1.52 bits per heavy atom. The van der Waals surface area contributed by atoms with Crippen molar-refractivity contribution in [2.75, 3.05) is 20.3 Å². The number of methoxy groups -OCH3 is 1. The third kappa shape index (κ3) is 4.90. The number of aliphatic hydroxyl groups excluding tert-OH is 7. The molecule has 14 nitrogen and oxygen atoms in total. The molecular weight excluding hydrogens is 536 g/mol. The van der Waals surface area contributed by atoms with Crippen LogP contribution < -0.4 is 9.47 Å². The molecule has 5 rings (SSSR count). The van der Waals surface area contributed by atoms with Crippen LogP contribution in [0.5, 0.6) is 11.5 Å². The summed E-state index contributed by atoms with van der Waals surface area (Å²) in [6.07, 6.45) is -16.5. The summed E-state index contributed by atoms with van der Waals surface area (Å²) in [7, 11) is 1.45. The van der Waals surface area contributed by atoms with E-state index in [4.69, 9.17) is 28.4 Å². The fourth-order valence-electron chi connectivity index (χ4n) is 5.21. The number of hydrogen-bond donors (Lipinski definition) is 7. The number of rotatable bonds is 7.